The molecule has 0 radical (unpaired) electrons. The van der Waals surface area contributed by atoms with Crippen LogP contribution < -0.4 is 16.0 Å². The van der Waals surface area contributed by atoms with Gasteiger partial charge in [-0.3, -0.25) is 14.4 Å². The van der Waals surface area contributed by atoms with Crippen LogP contribution in [0.3, 0.4) is 0 Å². The molecule has 3 atom stereocenters. The smallest absolute Gasteiger partial charge is 0.408 e. The van der Waals surface area contributed by atoms with Gasteiger partial charge in [-0.05, 0) is 37.8 Å². The Morgan fingerprint density at radius 2 is 1.44 bits per heavy atom. The summed E-state index contributed by atoms with van der Waals surface area (Å²) in [5, 5.41) is 7.67. The zero-order valence-corrected chi connectivity index (χ0v) is 25.3. The standard InChI is InChI=1S/C32H41N3O8/c1-7-18-41-30(39)26(21(2)3)34-29(38)27(23-16-12-9-13-17-23)35-28(37)24(19-25(36)43-32(4,5)6)33-31(40)42-20-22-14-10-8-11-15-22/h7-17,21,24,26-27H,1,18-20H2,2-6H3,(H,33,40)(H,34,38)(H,35,37)/t24-,26-,27-/m0/s1. The fraction of sp³-hybridized carbons (Fsp3) is 0.406. The molecule has 2 rings (SSSR count). The minimum Gasteiger partial charge on any atom is -0.460 e. The number of nitrogens with one attached hydrogen (secondary N) is 3. The van der Waals surface area contributed by atoms with E-state index < -0.39 is 60.0 Å². The SMILES string of the molecule is C=CCOC(=O)[C@@H](NC(=O)[C@@H](NC(=O)[C@H](CC(=O)OC(C)(C)C)NC(=O)OCc1ccccc1)c1ccccc1)C(C)C. The largest absolute Gasteiger partial charge is 0.460 e. The maximum absolute atomic E-state index is 13.6. The molecular formula is C32H41N3O8. The number of rotatable bonds is 14. The van der Waals surface area contributed by atoms with Crippen molar-refractivity contribution < 1.29 is 38.2 Å². The second kappa shape index (κ2) is 16.7. The van der Waals surface area contributed by atoms with Gasteiger partial charge in [0, 0.05) is 0 Å². The summed E-state index contributed by atoms with van der Waals surface area (Å²) >= 11 is 0. The van der Waals surface area contributed by atoms with Gasteiger partial charge in [0.05, 0.1) is 6.42 Å². The summed E-state index contributed by atoms with van der Waals surface area (Å²) in [5.41, 5.74) is 0.278. The van der Waals surface area contributed by atoms with E-state index in [0.717, 1.165) is 5.56 Å². The van der Waals surface area contributed by atoms with Crippen LogP contribution in [0, 0.1) is 5.92 Å². The van der Waals surface area contributed by atoms with Gasteiger partial charge >= 0.3 is 18.0 Å². The fourth-order valence-electron chi connectivity index (χ4n) is 3.82. The highest BCUT2D eigenvalue weighted by atomic mass is 16.6. The predicted octanol–water partition coefficient (Wildman–Crippen LogP) is 3.74. The van der Waals surface area contributed by atoms with Crippen molar-refractivity contribution in [2.24, 2.45) is 5.92 Å². The number of ether oxygens (including phenoxy) is 3. The molecular weight excluding hydrogens is 554 g/mol. The predicted molar refractivity (Wildman–Crippen MR) is 159 cm³/mol. The molecule has 11 heteroatoms. The van der Waals surface area contributed by atoms with Crippen molar-refractivity contribution in [2.75, 3.05) is 6.61 Å². The minimum absolute atomic E-state index is 0.0326. The van der Waals surface area contributed by atoms with Gasteiger partial charge < -0.3 is 30.2 Å². The average Bonchev–Trinajstić information content (AvgIpc) is 2.95. The lowest BCUT2D eigenvalue weighted by Crippen LogP contribution is -2.53. The number of carbonyl (C=O) groups excluding carboxylic acids is 5. The van der Waals surface area contributed by atoms with E-state index in [-0.39, 0.29) is 19.1 Å². The lowest BCUT2D eigenvalue weighted by molar-refractivity contribution is -0.156. The second-order valence-corrected chi connectivity index (χ2v) is 11.1. The first kappa shape index (κ1) is 34.5. The van der Waals surface area contributed by atoms with Crippen molar-refractivity contribution in [3.63, 3.8) is 0 Å². The van der Waals surface area contributed by atoms with E-state index in [4.69, 9.17) is 14.2 Å². The highest BCUT2D eigenvalue weighted by Crippen LogP contribution is 2.16. The molecule has 0 heterocycles. The van der Waals surface area contributed by atoms with Crippen LogP contribution in [0.15, 0.2) is 73.3 Å². The zero-order chi connectivity index (χ0) is 32.0. The highest BCUT2D eigenvalue weighted by molar-refractivity contribution is 5.95. The number of esters is 2. The van der Waals surface area contributed by atoms with E-state index >= 15 is 0 Å². The summed E-state index contributed by atoms with van der Waals surface area (Å²) in [5.74, 6) is -3.29. The van der Waals surface area contributed by atoms with E-state index in [1.165, 1.54) is 6.08 Å². The third-order valence-electron chi connectivity index (χ3n) is 5.86. The molecule has 11 nitrogen and oxygen atoms in total. The Hall–Kier alpha value is -4.67. The molecule has 0 spiro atoms. The van der Waals surface area contributed by atoms with Crippen LogP contribution in [0.1, 0.15) is 58.2 Å². The molecule has 3 N–H and O–H groups in total. The van der Waals surface area contributed by atoms with Gasteiger partial charge in [0.2, 0.25) is 11.8 Å². The van der Waals surface area contributed by atoms with E-state index in [2.05, 4.69) is 22.5 Å². The van der Waals surface area contributed by atoms with Crippen LogP contribution in [-0.2, 0) is 40.0 Å². The number of benzene rings is 2. The zero-order valence-electron chi connectivity index (χ0n) is 25.3. The third kappa shape index (κ3) is 12.4. The minimum atomic E-state index is -1.45. The number of alkyl carbamates (subject to hydrolysis) is 1. The van der Waals surface area contributed by atoms with Gasteiger partial charge in [-0.2, -0.15) is 0 Å². The van der Waals surface area contributed by atoms with Crippen molar-refractivity contribution in [3.05, 3.63) is 84.4 Å². The van der Waals surface area contributed by atoms with Gasteiger partial charge in [0.25, 0.3) is 0 Å². The number of hydrogen-bond donors (Lipinski definition) is 3. The monoisotopic (exact) mass is 595 g/mol. The van der Waals surface area contributed by atoms with Crippen molar-refractivity contribution in [1.82, 2.24) is 16.0 Å². The molecule has 0 fully saturated rings. The van der Waals surface area contributed by atoms with Gasteiger partial charge in [-0.25, -0.2) is 9.59 Å². The Labute approximate surface area is 252 Å². The molecule has 0 bridgehead atoms. The van der Waals surface area contributed by atoms with Gasteiger partial charge in [0.15, 0.2) is 0 Å². The summed E-state index contributed by atoms with van der Waals surface area (Å²) in [6.45, 7) is 11.9. The van der Waals surface area contributed by atoms with Gasteiger partial charge in [0.1, 0.15) is 36.9 Å². The summed E-state index contributed by atoms with van der Waals surface area (Å²) in [4.78, 5) is 65.0. The van der Waals surface area contributed by atoms with E-state index in [1.54, 1.807) is 89.2 Å². The molecule has 0 saturated heterocycles. The summed E-state index contributed by atoms with van der Waals surface area (Å²) in [6, 6.07) is 13.5. The molecule has 0 unspecified atom stereocenters. The average molecular weight is 596 g/mol. The Kier molecular flexibility index (Phi) is 13.4. The topological polar surface area (TPSA) is 149 Å². The first-order chi connectivity index (χ1) is 20.3. The number of hydrogen-bond acceptors (Lipinski definition) is 8. The molecule has 2 aromatic carbocycles. The molecule has 0 aliphatic heterocycles. The van der Waals surface area contributed by atoms with Crippen LogP contribution in [0.5, 0.6) is 0 Å². The van der Waals surface area contributed by atoms with E-state index in [0.29, 0.717) is 5.56 Å². The molecule has 3 amide bonds. The second-order valence-electron chi connectivity index (χ2n) is 11.1. The first-order valence-corrected chi connectivity index (χ1v) is 13.9. The highest BCUT2D eigenvalue weighted by Gasteiger charge is 2.34. The van der Waals surface area contributed by atoms with Crippen molar-refractivity contribution in [1.29, 1.82) is 0 Å². The number of carbonyl (C=O) groups is 5. The Morgan fingerprint density at radius 1 is 0.837 bits per heavy atom. The van der Waals surface area contributed by atoms with Crippen LogP contribution >= 0.6 is 0 Å². The van der Waals surface area contributed by atoms with Crippen LogP contribution in [0.2, 0.25) is 0 Å². The molecule has 43 heavy (non-hydrogen) atoms. The van der Waals surface area contributed by atoms with E-state index in [1.807, 2.05) is 6.07 Å². The molecule has 0 aliphatic rings. The Morgan fingerprint density at radius 3 is 2.00 bits per heavy atom. The van der Waals surface area contributed by atoms with Crippen LogP contribution in [0.25, 0.3) is 0 Å². The summed E-state index contributed by atoms with van der Waals surface area (Å²) in [6.07, 6.45) is -0.0693. The normalized spacial score (nSPS) is 13.1. The Balaban J connectivity index is 2.29. The van der Waals surface area contributed by atoms with Gasteiger partial charge in [-0.1, -0.05) is 87.2 Å². The molecule has 0 aliphatic carbocycles. The molecule has 2 aromatic rings. The Bertz CT molecular complexity index is 1240. The lowest BCUT2D eigenvalue weighted by atomic mass is 10.0. The lowest BCUT2D eigenvalue weighted by Gasteiger charge is -2.27. The summed E-state index contributed by atoms with van der Waals surface area (Å²) < 4.78 is 15.7. The molecule has 0 aromatic heterocycles. The van der Waals surface area contributed by atoms with Crippen molar-refractivity contribution in [3.8, 4) is 0 Å². The molecule has 0 saturated carbocycles. The van der Waals surface area contributed by atoms with E-state index in [9.17, 15) is 24.0 Å². The maximum Gasteiger partial charge on any atom is 0.408 e. The van der Waals surface area contributed by atoms with Gasteiger partial charge in [-0.15, -0.1) is 0 Å². The third-order valence-corrected chi connectivity index (χ3v) is 5.86. The quantitative estimate of drug-likeness (QED) is 0.170. The van der Waals surface area contributed by atoms with Crippen LogP contribution in [-0.4, -0.2) is 54.1 Å². The van der Waals surface area contributed by atoms with Crippen molar-refractivity contribution >= 4 is 29.8 Å². The van der Waals surface area contributed by atoms with Crippen molar-refractivity contribution in [2.45, 2.75) is 71.4 Å². The summed E-state index contributed by atoms with van der Waals surface area (Å²) in [7, 11) is 0. The maximum atomic E-state index is 13.6. The molecule has 232 valence electrons. The van der Waals surface area contributed by atoms with Crippen LogP contribution in [0.4, 0.5) is 4.79 Å². The fourth-order valence-corrected chi connectivity index (χ4v) is 3.82. The number of amides is 3. The first-order valence-electron chi connectivity index (χ1n) is 13.9.